The van der Waals surface area contributed by atoms with Gasteiger partial charge < -0.3 is 9.47 Å². The van der Waals surface area contributed by atoms with Gasteiger partial charge in [0.05, 0.1) is 25.0 Å². The molecule has 0 fully saturated rings. The molecule has 1 aromatic carbocycles. The molecule has 0 aromatic heterocycles. The molecule has 0 aliphatic carbocycles. The molecule has 0 N–H and O–H groups in total. The Bertz CT molecular complexity index is 562. The summed E-state index contributed by atoms with van der Waals surface area (Å²) in [5.74, 6) is 5.42. The molecule has 0 aliphatic rings. The van der Waals surface area contributed by atoms with E-state index in [9.17, 15) is 0 Å². The monoisotopic (exact) mass is 486 g/mol. The van der Waals surface area contributed by atoms with Crippen molar-refractivity contribution in [3.63, 3.8) is 0 Å². The zero-order chi connectivity index (χ0) is 23.9. The van der Waals surface area contributed by atoms with Crippen molar-refractivity contribution in [1.29, 1.82) is 0 Å². The van der Waals surface area contributed by atoms with E-state index < -0.39 is 0 Å². The predicted molar refractivity (Wildman–Crippen MR) is 141 cm³/mol. The Morgan fingerprint density at radius 1 is 0.594 bits per heavy atom. The van der Waals surface area contributed by atoms with Crippen molar-refractivity contribution in [3.8, 4) is 11.5 Å². The Labute approximate surface area is 208 Å². The third-order valence-corrected chi connectivity index (χ3v) is 6.80. The molecule has 0 radical (unpaired) electrons. The lowest BCUT2D eigenvalue weighted by Crippen LogP contribution is -2.08. The van der Waals surface area contributed by atoms with Gasteiger partial charge >= 0.3 is 0 Å². The number of benzene rings is 1. The lowest BCUT2D eigenvalue weighted by Gasteiger charge is -2.18. The SMILES string of the molecule is CC(C)CCC[C@@H](C)CCOc1cc(CCl)c(OCC[C@H](C)CCCC(C)C)cc1CCl. The third kappa shape index (κ3) is 12.6. The molecule has 2 nitrogen and oxygen atoms in total. The third-order valence-electron chi connectivity index (χ3n) is 6.22. The first-order chi connectivity index (χ1) is 15.3. The molecular weight excluding hydrogens is 439 g/mol. The first kappa shape index (κ1) is 29.4. The molecular formula is C28H48Cl2O2. The highest BCUT2D eigenvalue weighted by Gasteiger charge is 2.13. The van der Waals surface area contributed by atoms with Crippen LogP contribution in [-0.4, -0.2) is 13.2 Å². The van der Waals surface area contributed by atoms with E-state index in [1.54, 1.807) is 0 Å². The normalized spacial score (nSPS) is 13.6. The molecule has 0 spiro atoms. The second-order valence-electron chi connectivity index (χ2n) is 10.5. The number of ether oxygens (including phenoxy) is 2. The lowest BCUT2D eigenvalue weighted by atomic mass is 9.97. The quantitative estimate of drug-likeness (QED) is 0.192. The summed E-state index contributed by atoms with van der Waals surface area (Å²) in [6.07, 6.45) is 9.85. The Morgan fingerprint density at radius 3 is 1.28 bits per heavy atom. The Hall–Kier alpha value is -0.600. The summed E-state index contributed by atoms with van der Waals surface area (Å²) in [7, 11) is 0. The summed E-state index contributed by atoms with van der Waals surface area (Å²) in [6.45, 7) is 15.2. The lowest BCUT2D eigenvalue weighted by molar-refractivity contribution is 0.266. The van der Waals surface area contributed by atoms with Crippen LogP contribution in [0, 0.1) is 23.7 Å². The van der Waals surface area contributed by atoms with Crippen LogP contribution in [0.5, 0.6) is 11.5 Å². The van der Waals surface area contributed by atoms with Crippen LogP contribution in [0.4, 0.5) is 0 Å². The van der Waals surface area contributed by atoms with Gasteiger partial charge in [-0.3, -0.25) is 0 Å². The fourth-order valence-corrected chi connectivity index (χ4v) is 4.32. The minimum Gasteiger partial charge on any atom is -0.493 e. The van der Waals surface area contributed by atoms with E-state index in [2.05, 4.69) is 41.5 Å². The van der Waals surface area contributed by atoms with Crippen molar-refractivity contribution in [3.05, 3.63) is 23.3 Å². The molecule has 1 rings (SSSR count). The molecule has 0 aliphatic heterocycles. The average Bonchev–Trinajstić information content (AvgIpc) is 2.73. The van der Waals surface area contributed by atoms with E-state index in [0.29, 0.717) is 36.8 Å². The van der Waals surface area contributed by atoms with Gasteiger partial charge in [-0.1, -0.05) is 80.1 Å². The summed E-state index contributed by atoms with van der Waals surface area (Å²) in [6, 6.07) is 4.05. The van der Waals surface area contributed by atoms with E-state index in [4.69, 9.17) is 32.7 Å². The molecule has 0 saturated heterocycles. The van der Waals surface area contributed by atoms with Crippen LogP contribution < -0.4 is 9.47 Å². The van der Waals surface area contributed by atoms with Crippen molar-refractivity contribution in [2.75, 3.05) is 13.2 Å². The highest BCUT2D eigenvalue weighted by Crippen LogP contribution is 2.32. The predicted octanol–water partition coefficient (Wildman–Crippen LogP) is 9.63. The fourth-order valence-electron chi connectivity index (χ4n) is 3.90. The van der Waals surface area contributed by atoms with E-state index in [0.717, 1.165) is 47.3 Å². The summed E-state index contributed by atoms with van der Waals surface area (Å²) < 4.78 is 12.3. The molecule has 1 aromatic rings. The minimum absolute atomic E-state index is 0.407. The van der Waals surface area contributed by atoms with Crippen LogP contribution in [0.3, 0.4) is 0 Å². The van der Waals surface area contributed by atoms with Crippen LogP contribution in [0.25, 0.3) is 0 Å². The molecule has 186 valence electrons. The highest BCUT2D eigenvalue weighted by atomic mass is 35.5. The molecule has 0 heterocycles. The largest absolute Gasteiger partial charge is 0.493 e. The van der Waals surface area contributed by atoms with Gasteiger partial charge in [0.15, 0.2) is 0 Å². The summed E-state index contributed by atoms with van der Waals surface area (Å²) in [5.41, 5.74) is 1.96. The first-order valence-electron chi connectivity index (χ1n) is 12.8. The summed E-state index contributed by atoms with van der Waals surface area (Å²) >= 11 is 12.5. The summed E-state index contributed by atoms with van der Waals surface area (Å²) in [5, 5.41) is 0. The number of rotatable bonds is 18. The van der Waals surface area contributed by atoms with Crippen molar-refractivity contribution >= 4 is 23.2 Å². The maximum atomic E-state index is 6.24. The Morgan fingerprint density at radius 2 is 0.969 bits per heavy atom. The zero-order valence-corrected chi connectivity index (χ0v) is 23.0. The van der Waals surface area contributed by atoms with E-state index >= 15 is 0 Å². The van der Waals surface area contributed by atoms with Crippen molar-refractivity contribution in [2.45, 2.75) is 105 Å². The van der Waals surface area contributed by atoms with Gasteiger partial charge in [-0.25, -0.2) is 0 Å². The van der Waals surface area contributed by atoms with E-state index in [1.165, 1.54) is 38.5 Å². The zero-order valence-electron chi connectivity index (χ0n) is 21.5. The molecule has 2 atom stereocenters. The molecule has 0 saturated carbocycles. The molecule has 32 heavy (non-hydrogen) atoms. The van der Waals surface area contributed by atoms with Crippen molar-refractivity contribution in [2.24, 2.45) is 23.7 Å². The van der Waals surface area contributed by atoms with Gasteiger partial charge in [0.1, 0.15) is 11.5 Å². The van der Waals surface area contributed by atoms with Crippen LogP contribution in [0.2, 0.25) is 0 Å². The number of hydrogen-bond acceptors (Lipinski definition) is 2. The van der Waals surface area contributed by atoms with Crippen LogP contribution in [-0.2, 0) is 11.8 Å². The van der Waals surface area contributed by atoms with E-state index in [1.807, 2.05) is 12.1 Å². The van der Waals surface area contributed by atoms with Gasteiger partial charge in [0.2, 0.25) is 0 Å². The van der Waals surface area contributed by atoms with Gasteiger partial charge in [0.25, 0.3) is 0 Å². The maximum Gasteiger partial charge on any atom is 0.124 e. The van der Waals surface area contributed by atoms with Crippen LogP contribution in [0.1, 0.15) is 104 Å². The van der Waals surface area contributed by atoms with Gasteiger partial charge in [-0.2, -0.15) is 0 Å². The van der Waals surface area contributed by atoms with E-state index in [-0.39, 0.29) is 0 Å². The Balaban J connectivity index is 2.55. The maximum absolute atomic E-state index is 6.24. The second-order valence-corrected chi connectivity index (χ2v) is 11.0. The molecule has 0 unspecified atom stereocenters. The second kappa shape index (κ2) is 16.9. The number of hydrogen-bond donors (Lipinski definition) is 0. The number of halogens is 2. The topological polar surface area (TPSA) is 18.5 Å². The minimum atomic E-state index is 0.407. The molecule has 0 amide bonds. The van der Waals surface area contributed by atoms with Gasteiger partial charge in [-0.15, -0.1) is 23.2 Å². The molecule has 4 heteroatoms. The standard InChI is InChI=1S/C28H48Cl2O2/c1-21(2)9-7-11-23(5)13-15-31-27-17-26(20-30)28(18-25(27)19-29)32-16-14-24(6)12-8-10-22(3)4/h17-18,21-24H,7-16,19-20H2,1-6H3/t23-,24-/m1/s1. The Kier molecular flexibility index (Phi) is 15.6. The average molecular weight is 488 g/mol. The number of alkyl halides is 2. The van der Waals surface area contributed by atoms with Crippen molar-refractivity contribution in [1.82, 2.24) is 0 Å². The van der Waals surface area contributed by atoms with Crippen LogP contribution >= 0.6 is 23.2 Å². The fraction of sp³-hybridized carbons (Fsp3) is 0.786. The van der Waals surface area contributed by atoms with Gasteiger partial charge in [-0.05, 0) is 48.6 Å². The van der Waals surface area contributed by atoms with Crippen LogP contribution in [0.15, 0.2) is 12.1 Å². The van der Waals surface area contributed by atoms with Crippen molar-refractivity contribution < 1.29 is 9.47 Å². The molecule has 0 bridgehead atoms. The summed E-state index contributed by atoms with van der Waals surface area (Å²) in [4.78, 5) is 0. The van der Waals surface area contributed by atoms with Gasteiger partial charge in [0, 0.05) is 11.1 Å². The first-order valence-corrected chi connectivity index (χ1v) is 13.9. The smallest absolute Gasteiger partial charge is 0.124 e. The highest BCUT2D eigenvalue weighted by molar-refractivity contribution is 6.18.